The van der Waals surface area contributed by atoms with Gasteiger partial charge in [0.15, 0.2) is 0 Å². The molecule has 1 fully saturated rings. The van der Waals surface area contributed by atoms with E-state index in [0.29, 0.717) is 0 Å². The smallest absolute Gasteiger partial charge is 0.338 e. The summed E-state index contributed by atoms with van der Waals surface area (Å²) in [6.07, 6.45) is 11.9. The lowest BCUT2D eigenvalue weighted by molar-refractivity contribution is -0.150. The minimum absolute atomic E-state index is 0.579. The van der Waals surface area contributed by atoms with Gasteiger partial charge in [-0.1, -0.05) is 23.8 Å². The van der Waals surface area contributed by atoms with E-state index in [1.807, 2.05) is 0 Å². The normalized spacial score (nSPS) is 31.9. The summed E-state index contributed by atoms with van der Waals surface area (Å²) in [5, 5.41) is 0. The fourth-order valence-corrected chi connectivity index (χ4v) is 2.29. The predicted molar refractivity (Wildman–Crippen MR) is 59.4 cm³/mol. The monoisotopic (exact) mass is 218 g/mol. The second-order valence-corrected chi connectivity index (χ2v) is 4.13. The zero-order valence-electron chi connectivity index (χ0n) is 9.18. The molecule has 16 heavy (non-hydrogen) atoms. The van der Waals surface area contributed by atoms with Gasteiger partial charge in [0.05, 0.1) is 0 Å². The van der Waals surface area contributed by atoms with E-state index in [-0.39, 0.29) is 0 Å². The van der Waals surface area contributed by atoms with E-state index in [1.165, 1.54) is 12.8 Å². The molecule has 0 aromatic carbocycles. The number of cyclic esters (lactones) is 2. The highest BCUT2D eigenvalue weighted by atomic mass is 16.6. The molecule has 2 unspecified atom stereocenters. The maximum Gasteiger partial charge on any atom is 0.338 e. The van der Waals surface area contributed by atoms with Crippen molar-refractivity contribution in [1.29, 1.82) is 0 Å². The topological polar surface area (TPSA) is 43.4 Å². The van der Waals surface area contributed by atoms with Gasteiger partial charge in [-0.2, -0.15) is 0 Å². The lowest BCUT2D eigenvalue weighted by Gasteiger charge is -2.05. The number of ether oxygens (including phenoxy) is 1. The maximum absolute atomic E-state index is 9.92. The molecule has 3 heteroatoms. The van der Waals surface area contributed by atoms with E-state index in [0.717, 1.165) is 24.0 Å². The Hall–Kier alpha value is -1.64. The molecule has 0 aromatic heterocycles. The second kappa shape index (κ2) is 4.47. The number of hydrogen-bond donors (Lipinski definition) is 0. The van der Waals surface area contributed by atoms with Crippen molar-refractivity contribution in [2.45, 2.75) is 19.8 Å². The van der Waals surface area contributed by atoms with Gasteiger partial charge in [-0.3, -0.25) is 0 Å². The standard InChI is InChI=1S/C9H12.C4H2O3/c1-2-8-5-7-3-4-9(8)6-7;5-3-1-2-4(6)7-3/h2-4,7,9H,5-6H2,1H3;1-2H/b8-2+;. The largest absolute Gasteiger partial charge is 0.387 e. The summed E-state index contributed by atoms with van der Waals surface area (Å²) < 4.78 is 3.97. The Morgan fingerprint density at radius 3 is 2.19 bits per heavy atom. The van der Waals surface area contributed by atoms with Gasteiger partial charge in [0.25, 0.3) is 0 Å². The Morgan fingerprint density at radius 1 is 1.25 bits per heavy atom. The molecular weight excluding hydrogens is 204 g/mol. The van der Waals surface area contributed by atoms with Crippen LogP contribution >= 0.6 is 0 Å². The number of carbonyl (C=O) groups excluding carboxylic acids is 2. The maximum atomic E-state index is 9.92. The highest BCUT2D eigenvalue weighted by molar-refractivity contribution is 6.04. The van der Waals surface area contributed by atoms with Gasteiger partial charge in [-0.25, -0.2) is 9.59 Å². The third kappa shape index (κ3) is 2.30. The van der Waals surface area contributed by atoms with Crippen LogP contribution in [0.15, 0.2) is 36.0 Å². The Bertz CT molecular complexity index is 385. The molecule has 3 nitrogen and oxygen atoms in total. The molecule has 0 N–H and O–H groups in total. The van der Waals surface area contributed by atoms with Gasteiger partial charge in [0, 0.05) is 12.2 Å². The van der Waals surface area contributed by atoms with Gasteiger partial charge >= 0.3 is 11.9 Å². The van der Waals surface area contributed by atoms with Crippen LogP contribution in [0.2, 0.25) is 0 Å². The minimum atomic E-state index is -0.579. The predicted octanol–water partition coefficient (Wildman–Crippen LogP) is 2.15. The van der Waals surface area contributed by atoms with Gasteiger partial charge in [0.1, 0.15) is 0 Å². The number of fused-ring (bicyclic) bond motifs is 2. The first-order chi connectivity index (χ1) is 7.69. The van der Waals surface area contributed by atoms with E-state index in [9.17, 15) is 9.59 Å². The summed E-state index contributed by atoms with van der Waals surface area (Å²) in [4.78, 5) is 19.8. The molecule has 0 amide bonds. The highest BCUT2D eigenvalue weighted by Crippen LogP contribution is 2.42. The molecular formula is C13H14O3. The number of allylic oxidation sites excluding steroid dienone is 4. The van der Waals surface area contributed by atoms with Crippen LogP contribution in [0.4, 0.5) is 0 Å². The molecule has 0 spiro atoms. The van der Waals surface area contributed by atoms with E-state index in [1.54, 1.807) is 5.57 Å². The van der Waals surface area contributed by atoms with Crippen molar-refractivity contribution in [3.63, 3.8) is 0 Å². The second-order valence-electron chi connectivity index (χ2n) is 4.13. The van der Waals surface area contributed by atoms with E-state index >= 15 is 0 Å². The van der Waals surface area contributed by atoms with Crippen LogP contribution in [0.25, 0.3) is 0 Å². The molecule has 1 aliphatic heterocycles. The first-order valence-corrected chi connectivity index (χ1v) is 5.46. The minimum Gasteiger partial charge on any atom is -0.387 e. The molecule has 1 heterocycles. The third-order valence-corrected chi connectivity index (χ3v) is 3.07. The van der Waals surface area contributed by atoms with Crippen LogP contribution in [0, 0.1) is 11.8 Å². The molecule has 1 saturated carbocycles. The summed E-state index contributed by atoms with van der Waals surface area (Å²) in [6, 6.07) is 0. The van der Waals surface area contributed by atoms with Gasteiger partial charge in [0.2, 0.25) is 0 Å². The Morgan fingerprint density at radius 2 is 1.94 bits per heavy atom. The van der Waals surface area contributed by atoms with E-state index in [2.05, 4.69) is 29.9 Å². The van der Waals surface area contributed by atoms with Crippen LogP contribution in [-0.4, -0.2) is 11.9 Å². The summed E-state index contributed by atoms with van der Waals surface area (Å²) in [6.45, 7) is 2.16. The molecule has 2 aliphatic carbocycles. The van der Waals surface area contributed by atoms with Gasteiger partial charge in [-0.05, 0) is 31.6 Å². The van der Waals surface area contributed by atoms with E-state index in [4.69, 9.17) is 0 Å². The quantitative estimate of drug-likeness (QED) is 0.355. The lowest BCUT2D eigenvalue weighted by Crippen LogP contribution is -1.96. The molecule has 3 aliphatic rings. The zero-order chi connectivity index (χ0) is 11.5. The third-order valence-electron chi connectivity index (χ3n) is 3.07. The molecule has 0 saturated heterocycles. The number of hydrogen-bond acceptors (Lipinski definition) is 3. The zero-order valence-corrected chi connectivity index (χ0v) is 9.18. The number of carbonyl (C=O) groups is 2. The Balaban J connectivity index is 0.000000125. The Kier molecular flexibility index (Phi) is 3.04. The highest BCUT2D eigenvalue weighted by Gasteiger charge is 2.29. The molecule has 2 bridgehead atoms. The average Bonchev–Trinajstić information content (AvgIpc) is 2.95. The van der Waals surface area contributed by atoms with Crippen molar-refractivity contribution in [2.24, 2.45) is 11.8 Å². The molecule has 2 atom stereocenters. The summed E-state index contributed by atoms with van der Waals surface area (Å²) in [5.41, 5.74) is 1.67. The van der Waals surface area contributed by atoms with Crippen molar-refractivity contribution in [3.8, 4) is 0 Å². The van der Waals surface area contributed by atoms with Crippen LogP contribution in [0.5, 0.6) is 0 Å². The SMILES string of the molecule is C/C=C1\CC2C=CC1C2.O=C1C=CC(=O)O1. The summed E-state index contributed by atoms with van der Waals surface area (Å²) in [5.74, 6) is 0.580. The van der Waals surface area contributed by atoms with Crippen molar-refractivity contribution in [2.75, 3.05) is 0 Å². The molecule has 3 rings (SSSR count). The number of esters is 2. The Labute approximate surface area is 94.5 Å². The fourth-order valence-electron chi connectivity index (χ4n) is 2.29. The molecule has 0 radical (unpaired) electrons. The first-order valence-electron chi connectivity index (χ1n) is 5.46. The van der Waals surface area contributed by atoms with Crippen LogP contribution < -0.4 is 0 Å². The van der Waals surface area contributed by atoms with Crippen molar-refractivity contribution < 1.29 is 14.3 Å². The first kappa shape index (κ1) is 10.9. The molecule has 0 aromatic rings. The number of rotatable bonds is 0. The van der Waals surface area contributed by atoms with E-state index < -0.39 is 11.9 Å². The summed E-state index contributed by atoms with van der Waals surface area (Å²) in [7, 11) is 0. The summed E-state index contributed by atoms with van der Waals surface area (Å²) >= 11 is 0. The van der Waals surface area contributed by atoms with Gasteiger partial charge < -0.3 is 4.74 Å². The van der Waals surface area contributed by atoms with Crippen molar-refractivity contribution in [3.05, 3.63) is 36.0 Å². The average molecular weight is 218 g/mol. The van der Waals surface area contributed by atoms with Crippen molar-refractivity contribution >= 4 is 11.9 Å². The van der Waals surface area contributed by atoms with Crippen molar-refractivity contribution in [1.82, 2.24) is 0 Å². The van der Waals surface area contributed by atoms with Crippen LogP contribution in [0.3, 0.4) is 0 Å². The fraction of sp³-hybridized carbons (Fsp3) is 0.385. The molecule has 84 valence electrons. The van der Waals surface area contributed by atoms with Gasteiger partial charge in [-0.15, -0.1) is 0 Å². The lowest BCUT2D eigenvalue weighted by atomic mass is 10.0. The van der Waals surface area contributed by atoms with Crippen LogP contribution in [-0.2, 0) is 14.3 Å². The van der Waals surface area contributed by atoms with Crippen LogP contribution in [0.1, 0.15) is 19.8 Å².